The Morgan fingerprint density at radius 3 is 2.55 bits per heavy atom. The molecule has 1 fully saturated rings. The van der Waals surface area contributed by atoms with Gasteiger partial charge in [0.2, 0.25) is 10.0 Å². The number of H-pyrrole nitrogens is 2. The number of aromatic amines is 2. The lowest BCUT2D eigenvalue weighted by atomic mass is 10.0. The summed E-state index contributed by atoms with van der Waals surface area (Å²) in [6.07, 6.45) is 12.2. The molecule has 1 aromatic carbocycles. The van der Waals surface area contributed by atoms with Crippen LogP contribution in [0.3, 0.4) is 0 Å². The highest BCUT2D eigenvalue weighted by molar-refractivity contribution is 7.88. The number of pyridine rings is 3. The van der Waals surface area contributed by atoms with E-state index in [1.807, 2.05) is 30.7 Å². The summed E-state index contributed by atoms with van der Waals surface area (Å²) in [5.41, 5.74) is 7.65. The summed E-state index contributed by atoms with van der Waals surface area (Å²) < 4.78 is 40.2. The lowest BCUT2D eigenvalue weighted by Gasteiger charge is -2.26. The summed E-state index contributed by atoms with van der Waals surface area (Å²) in [4.78, 5) is 19.6. The maximum atomic E-state index is 14.6. The van der Waals surface area contributed by atoms with Crippen molar-refractivity contribution in [3.63, 3.8) is 0 Å². The summed E-state index contributed by atoms with van der Waals surface area (Å²) in [6.45, 7) is 3.11. The quantitative estimate of drug-likeness (QED) is 0.210. The van der Waals surface area contributed by atoms with Crippen molar-refractivity contribution in [1.82, 2.24) is 39.8 Å². The Morgan fingerprint density at radius 2 is 1.70 bits per heavy atom. The van der Waals surface area contributed by atoms with E-state index >= 15 is 0 Å². The van der Waals surface area contributed by atoms with E-state index in [9.17, 15) is 12.8 Å². The van der Waals surface area contributed by atoms with Crippen LogP contribution in [0.15, 0.2) is 67.3 Å². The predicted molar refractivity (Wildman–Crippen MR) is 168 cm³/mol. The summed E-state index contributed by atoms with van der Waals surface area (Å²) in [7, 11) is -3.43. The maximum absolute atomic E-state index is 14.6. The van der Waals surface area contributed by atoms with Crippen molar-refractivity contribution in [3.05, 3.63) is 84.2 Å². The highest BCUT2D eigenvalue weighted by atomic mass is 32.2. The predicted octanol–water partition coefficient (Wildman–Crippen LogP) is 5.40. The Kier molecular flexibility index (Phi) is 7.40. The topological polar surface area (TPSA) is 133 Å². The molecule has 224 valence electrons. The van der Waals surface area contributed by atoms with Crippen LogP contribution in [0.4, 0.5) is 4.39 Å². The van der Waals surface area contributed by atoms with Crippen molar-refractivity contribution in [2.75, 3.05) is 19.3 Å². The van der Waals surface area contributed by atoms with Crippen molar-refractivity contribution in [2.24, 2.45) is 0 Å². The van der Waals surface area contributed by atoms with Crippen LogP contribution in [-0.2, 0) is 23.1 Å². The minimum Gasteiger partial charge on any atom is -0.353 e. The Morgan fingerprint density at radius 1 is 0.886 bits per heavy atom. The van der Waals surface area contributed by atoms with E-state index in [1.165, 1.54) is 37.0 Å². The number of hydrogen-bond acceptors (Lipinski definition) is 7. The van der Waals surface area contributed by atoms with Gasteiger partial charge in [-0.15, -0.1) is 0 Å². The van der Waals surface area contributed by atoms with Crippen molar-refractivity contribution in [1.29, 1.82) is 0 Å². The van der Waals surface area contributed by atoms with Gasteiger partial charge >= 0.3 is 0 Å². The van der Waals surface area contributed by atoms with Gasteiger partial charge in [0.15, 0.2) is 5.65 Å². The molecule has 7 rings (SSSR count). The largest absolute Gasteiger partial charge is 0.353 e. The van der Waals surface area contributed by atoms with Crippen LogP contribution in [-0.4, -0.2) is 62.8 Å². The fourth-order valence-corrected chi connectivity index (χ4v) is 6.32. The van der Waals surface area contributed by atoms with Gasteiger partial charge in [-0.25, -0.2) is 22.5 Å². The number of halogens is 1. The molecule has 12 heteroatoms. The zero-order valence-corrected chi connectivity index (χ0v) is 25.0. The number of nitrogens with zero attached hydrogens (tertiary/aromatic N) is 5. The van der Waals surface area contributed by atoms with Crippen molar-refractivity contribution in [2.45, 2.75) is 32.4 Å². The second kappa shape index (κ2) is 11.5. The molecule has 0 amide bonds. The summed E-state index contributed by atoms with van der Waals surface area (Å²) in [6, 6.07) is 12.5. The lowest BCUT2D eigenvalue weighted by Crippen LogP contribution is -2.29. The third-order valence-electron chi connectivity index (χ3n) is 7.97. The average Bonchev–Trinajstić information content (AvgIpc) is 3.64. The van der Waals surface area contributed by atoms with Crippen LogP contribution in [0.2, 0.25) is 0 Å². The molecule has 0 radical (unpaired) electrons. The van der Waals surface area contributed by atoms with Gasteiger partial charge in [-0.1, -0.05) is 6.42 Å². The first-order valence-electron chi connectivity index (χ1n) is 14.5. The number of hydrogen-bond donors (Lipinski definition) is 3. The van der Waals surface area contributed by atoms with E-state index in [1.54, 1.807) is 12.3 Å². The minimum absolute atomic E-state index is 0.0246. The standard InChI is InChI=1S/C32H31FN8O2S/c1-44(42,43)37-16-20-9-22(12-25(33)11-20)30-26-14-29(38-28(26)5-6-35-30)31-27-13-24(18-36-32(27)40-39-31)23-10-21(15-34-17-23)19-41-7-3-2-4-8-41/h5-6,9-15,17-18,37-38H,2-4,7-8,16,19H2,1H3,(H,36,39,40). The van der Waals surface area contributed by atoms with Crippen molar-refractivity contribution >= 4 is 32.0 Å². The van der Waals surface area contributed by atoms with Crippen LogP contribution < -0.4 is 4.72 Å². The van der Waals surface area contributed by atoms with Gasteiger partial charge in [0, 0.05) is 70.9 Å². The Hall–Kier alpha value is -4.52. The Bertz CT molecular complexity index is 2100. The molecule has 6 heterocycles. The highest BCUT2D eigenvalue weighted by Gasteiger charge is 2.17. The summed E-state index contributed by atoms with van der Waals surface area (Å²) in [5.74, 6) is -0.478. The second-order valence-electron chi connectivity index (χ2n) is 11.4. The molecule has 3 N–H and O–H groups in total. The van der Waals surface area contributed by atoms with E-state index in [0.717, 1.165) is 59.0 Å². The molecular weight excluding hydrogens is 579 g/mol. The average molecular weight is 611 g/mol. The normalized spacial score (nSPS) is 14.5. The number of rotatable bonds is 8. The van der Waals surface area contributed by atoms with Crippen LogP contribution >= 0.6 is 0 Å². The van der Waals surface area contributed by atoms with Crippen LogP contribution in [0.5, 0.6) is 0 Å². The molecule has 0 unspecified atom stereocenters. The molecule has 0 aliphatic carbocycles. The number of nitrogens with one attached hydrogen (secondary N) is 3. The molecule has 0 atom stereocenters. The molecule has 0 bridgehead atoms. The molecule has 1 aliphatic rings. The molecule has 6 aromatic rings. The van der Waals surface area contributed by atoms with Gasteiger partial charge in [-0.3, -0.25) is 20.0 Å². The Labute approximate surface area is 253 Å². The number of piperidine rings is 1. The third kappa shape index (κ3) is 5.96. The first kappa shape index (κ1) is 28.3. The minimum atomic E-state index is -3.43. The Balaban J connectivity index is 1.23. The zero-order valence-electron chi connectivity index (χ0n) is 24.1. The summed E-state index contributed by atoms with van der Waals surface area (Å²) in [5, 5.41) is 9.25. The van der Waals surface area contributed by atoms with Crippen molar-refractivity contribution < 1.29 is 12.8 Å². The molecule has 44 heavy (non-hydrogen) atoms. The number of benzene rings is 1. The molecule has 5 aromatic heterocycles. The van der Waals surface area contributed by atoms with Gasteiger partial charge in [0.25, 0.3) is 0 Å². The number of aromatic nitrogens is 6. The van der Waals surface area contributed by atoms with Gasteiger partial charge in [-0.2, -0.15) is 5.10 Å². The van der Waals surface area contributed by atoms with E-state index in [4.69, 9.17) is 0 Å². The zero-order chi connectivity index (χ0) is 30.3. The van der Waals surface area contributed by atoms with Gasteiger partial charge in [0.05, 0.1) is 17.6 Å². The molecule has 1 aliphatic heterocycles. The van der Waals surface area contributed by atoms with E-state index in [0.29, 0.717) is 28.2 Å². The van der Waals surface area contributed by atoms with Gasteiger partial charge in [0.1, 0.15) is 11.5 Å². The first-order valence-corrected chi connectivity index (χ1v) is 16.4. The highest BCUT2D eigenvalue weighted by Crippen LogP contribution is 2.34. The van der Waals surface area contributed by atoms with Crippen molar-refractivity contribution in [3.8, 4) is 33.8 Å². The van der Waals surface area contributed by atoms with Gasteiger partial charge in [-0.05, 0) is 79.5 Å². The lowest BCUT2D eigenvalue weighted by molar-refractivity contribution is 0.220. The van der Waals surface area contributed by atoms with Crippen LogP contribution in [0.25, 0.3) is 55.7 Å². The van der Waals surface area contributed by atoms with Crippen LogP contribution in [0.1, 0.15) is 30.4 Å². The number of likely N-dealkylation sites (tertiary alicyclic amines) is 1. The summed E-state index contributed by atoms with van der Waals surface area (Å²) >= 11 is 0. The fourth-order valence-electron chi connectivity index (χ4n) is 5.89. The number of fused-ring (bicyclic) bond motifs is 2. The number of sulfonamides is 1. The van der Waals surface area contributed by atoms with Gasteiger partial charge < -0.3 is 4.98 Å². The smallest absolute Gasteiger partial charge is 0.209 e. The first-order chi connectivity index (χ1) is 21.3. The molecule has 1 saturated heterocycles. The molecule has 0 saturated carbocycles. The van der Waals surface area contributed by atoms with E-state index in [2.05, 4.69) is 51.9 Å². The molecule has 10 nitrogen and oxygen atoms in total. The van der Waals surface area contributed by atoms with E-state index < -0.39 is 15.8 Å². The third-order valence-corrected chi connectivity index (χ3v) is 8.64. The fraction of sp³-hybridized carbons (Fsp3) is 0.250. The monoisotopic (exact) mass is 610 g/mol. The maximum Gasteiger partial charge on any atom is 0.209 e. The molecule has 0 spiro atoms. The molecular formula is C32H31FN8O2S. The second-order valence-corrected chi connectivity index (χ2v) is 13.2. The van der Waals surface area contributed by atoms with Crippen LogP contribution in [0, 0.1) is 5.82 Å². The van der Waals surface area contributed by atoms with E-state index in [-0.39, 0.29) is 6.54 Å². The SMILES string of the molecule is CS(=O)(=O)NCc1cc(F)cc(-c2nccc3[nH]c(-c4n[nH]c5ncc(-c6cncc(CN7CCCCC7)c6)cc45)cc23)c1.